The number of carbonyl (C=O) groups excluding carboxylic acids is 2. The number of ether oxygens (including phenoxy) is 1. The van der Waals surface area contributed by atoms with Gasteiger partial charge in [-0.3, -0.25) is 4.79 Å². The number of anilines is 1. The zero-order valence-electron chi connectivity index (χ0n) is 17.7. The van der Waals surface area contributed by atoms with E-state index in [-0.39, 0.29) is 28.8 Å². The summed E-state index contributed by atoms with van der Waals surface area (Å²) in [5, 5.41) is 14.5. The van der Waals surface area contributed by atoms with E-state index in [1.165, 1.54) is 25.1 Å². The highest BCUT2D eigenvalue weighted by atomic mass is 35.5. The van der Waals surface area contributed by atoms with Gasteiger partial charge in [-0.1, -0.05) is 60.1 Å². The van der Waals surface area contributed by atoms with E-state index in [0.717, 1.165) is 22.3 Å². The molecule has 0 heterocycles. The van der Waals surface area contributed by atoms with Gasteiger partial charge in [0.2, 0.25) is 5.91 Å². The molecule has 3 N–H and O–H groups in total. The van der Waals surface area contributed by atoms with E-state index in [4.69, 9.17) is 16.3 Å². The summed E-state index contributed by atoms with van der Waals surface area (Å²) in [5.74, 6) is -1.91. The number of amides is 2. The topological polar surface area (TPSA) is 105 Å². The first-order valence-electron chi connectivity index (χ1n) is 10.3. The number of nitrogens with one attached hydrogen (secondary N) is 2. The van der Waals surface area contributed by atoms with Gasteiger partial charge in [0.1, 0.15) is 12.6 Å². The van der Waals surface area contributed by atoms with E-state index in [0.29, 0.717) is 0 Å². The highest BCUT2D eigenvalue weighted by Crippen LogP contribution is 2.44. The van der Waals surface area contributed by atoms with E-state index >= 15 is 0 Å². The zero-order valence-corrected chi connectivity index (χ0v) is 18.4. The van der Waals surface area contributed by atoms with Crippen molar-refractivity contribution in [3.63, 3.8) is 0 Å². The van der Waals surface area contributed by atoms with Gasteiger partial charge in [0.15, 0.2) is 0 Å². The second-order valence-electron chi connectivity index (χ2n) is 7.68. The molecule has 0 aliphatic heterocycles. The summed E-state index contributed by atoms with van der Waals surface area (Å²) in [6.45, 7) is 1.59. The smallest absolute Gasteiger partial charge is 0.407 e. The van der Waals surface area contributed by atoms with Crippen molar-refractivity contribution in [2.45, 2.75) is 18.9 Å². The predicted molar refractivity (Wildman–Crippen MR) is 125 cm³/mol. The molecule has 1 unspecified atom stereocenters. The number of fused-ring (bicyclic) bond motifs is 3. The fourth-order valence-electron chi connectivity index (χ4n) is 3.93. The summed E-state index contributed by atoms with van der Waals surface area (Å²) in [7, 11) is 0. The van der Waals surface area contributed by atoms with Crippen LogP contribution < -0.4 is 10.6 Å². The Hall–Kier alpha value is -3.84. The van der Waals surface area contributed by atoms with E-state index in [2.05, 4.69) is 10.6 Å². The molecule has 1 aliphatic carbocycles. The summed E-state index contributed by atoms with van der Waals surface area (Å²) in [5.41, 5.74) is 4.33. The number of carboxylic acid groups (broad SMARTS) is 1. The number of carbonyl (C=O) groups is 3. The summed E-state index contributed by atoms with van der Waals surface area (Å²) >= 11 is 5.91. The molecule has 4 rings (SSSR count). The van der Waals surface area contributed by atoms with Gasteiger partial charge in [-0.05, 0) is 47.4 Å². The van der Waals surface area contributed by atoms with Gasteiger partial charge in [0.25, 0.3) is 0 Å². The quantitative estimate of drug-likeness (QED) is 0.481. The first-order valence-corrected chi connectivity index (χ1v) is 10.7. The maximum Gasteiger partial charge on any atom is 0.407 e. The molecule has 0 bridgehead atoms. The molecule has 1 atom stereocenters. The Bertz CT molecular complexity index is 1200. The SMILES string of the molecule is CC(NC(=O)OCC1c2ccccc2-c2ccccc21)C(=O)Nc1cc(Cl)ccc1C(=O)O. The van der Waals surface area contributed by atoms with Crippen LogP contribution in [0.3, 0.4) is 0 Å². The first kappa shape index (κ1) is 22.4. The highest BCUT2D eigenvalue weighted by Gasteiger charge is 2.29. The van der Waals surface area contributed by atoms with Crippen LogP contribution in [-0.2, 0) is 9.53 Å². The Morgan fingerprint density at radius 2 is 1.61 bits per heavy atom. The average Bonchev–Trinajstić information content (AvgIpc) is 3.11. The third-order valence-corrected chi connectivity index (χ3v) is 5.78. The van der Waals surface area contributed by atoms with Gasteiger partial charge < -0.3 is 20.5 Å². The van der Waals surface area contributed by atoms with Crippen LogP contribution in [0.25, 0.3) is 11.1 Å². The molecule has 7 nitrogen and oxygen atoms in total. The number of alkyl carbamates (subject to hydrolysis) is 1. The molecule has 0 spiro atoms. The van der Waals surface area contributed by atoms with E-state index in [1.54, 1.807) is 0 Å². The van der Waals surface area contributed by atoms with Crippen LogP contribution in [0.1, 0.15) is 34.3 Å². The average molecular weight is 465 g/mol. The van der Waals surface area contributed by atoms with E-state index in [9.17, 15) is 19.5 Å². The Balaban J connectivity index is 1.38. The lowest BCUT2D eigenvalue weighted by molar-refractivity contribution is -0.117. The van der Waals surface area contributed by atoms with Crippen LogP contribution in [0.15, 0.2) is 66.7 Å². The standard InChI is InChI=1S/C25H21ClN2O5/c1-14(23(29)28-22-12-15(26)10-11-20(22)24(30)31)27-25(32)33-13-21-18-8-4-2-6-16(18)17-7-3-5-9-19(17)21/h2-12,14,21H,13H2,1H3,(H,27,32)(H,28,29)(H,30,31). The fraction of sp³-hybridized carbons (Fsp3) is 0.160. The van der Waals surface area contributed by atoms with Gasteiger partial charge in [0, 0.05) is 10.9 Å². The molecule has 0 aromatic heterocycles. The van der Waals surface area contributed by atoms with Gasteiger partial charge >= 0.3 is 12.1 Å². The number of benzene rings is 3. The van der Waals surface area contributed by atoms with Crippen LogP contribution in [0.4, 0.5) is 10.5 Å². The molecule has 0 saturated carbocycles. The maximum atomic E-state index is 12.5. The van der Waals surface area contributed by atoms with E-state index in [1.807, 2.05) is 48.5 Å². The summed E-state index contributed by atoms with van der Waals surface area (Å²) in [4.78, 5) is 36.3. The molecule has 0 fully saturated rings. The molecule has 8 heteroatoms. The fourth-order valence-corrected chi connectivity index (χ4v) is 4.10. The predicted octanol–water partition coefficient (Wildman–Crippen LogP) is 4.90. The third kappa shape index (κ3) is 4.68. The van der Waals surface area contributed by atoms with Crippen molar-refractivity contribution in [3.8, 4) is 11.1 Å². The Labute approximate surface area is 195 Å². The summed E-state index contributed by atoms with van der Waals surface area (Å²) in [6, 6.07) is 19.0. The van der Waals surface area contributed by atoms with Crippen LogP contribution >= 0.6 is 11.6 Å². The molecule has 3 aromatic carbocycles. The van der Waals surface area contributed by atoms with Crippen molar-refractivity contribution < 1.29 is 24.2 Å². The van der Waals surface area contributed by atoms with Gasteiger partial charge in [-0.15, -0.1) is 0 Å². The second kappa shape index (κ2) is 9.34. The number of halogens is 1. The monoisotopic (exact) mass is 464 g/mol. The van der Waals surface area contributed by atoms with Crippen LogP contribution in [0.2, 0.25) is 5.02 Å². The minimum absolute atomic E-state index is 0.0428. The van der Waals surface area contributed by atoms with Crippen molar-refractivity contribution in [2.75, 3.05) is 11.9 Å². The number of hydrogen-bond acceptors (Lipinski definition) is 4. The molecule has 0 radical (unpaired) electrons. The number of carboxylic acids is 1. The molecular formula is C25H21ClN2O5. The molecule has 1 aliphatic rings. The van der Waals surface area contributed by atoms with Crippen LogP contribution in [0, 0.1) is 0 Å². The molecule has 33 heavy (non-hydrogen) atoms. The summed E-state index contributed by atoms with van der Waals surface area (Å²) in [6.07, 6.45) is -0.746. The number of aromatic carboxylic acids is 1. The van der Waals surface area contributed by atoms with Crippen molar-refractivity contribution in [2.24, 2.45) is 0 Å². The highest BCUT2D eigenvalue weighted by molar-refractivity contribution is 6.31. The number of rotatable bonds is 6. The van der Waals surface area contributed by atoms with Crippen molar-refractivity contribution in [3.05, 3.63) is 88.4 Å². The molecule has 3 aromatic rings. The van der Waals surface area contributed by atoms with E-state index < -0.39 is 24.0 Å². The molecular weight excluding hydrogens is 444 g/mol. The first-order chi connectivity index (χ1) is 15.8. The van der Waals surface area contributed by atoms with Crippen LogP contribution in [0.5, 0.6) is 0 Å². The normalized spacial score (nSPS) is 12.9. The Kier molecular flexibility index (Phi) is 6.33. The van der Waals surface area contributed by atoms with Crippen molar-refractivity contribution in [1.29, 1.82) is 0 Å². The lowest BCUT2D eigenvalue weighted by Gasteiger charge is -2.17. The lowest BCUT2D eigenvalue weighted by atomic mass is 9.98. The second-order valence-corrected chi connectivity index (χ2v) is 8.11. The van der Waals surface area contributed by atoms with Crippen molar-refractivity contribution in [1.82, 2.24) is 5.32 Å². The van der Waals surface area contributed by atoms with Gasteiger partial charge in [-0.2, -0.15) is 0 Å². The maximum absolute atomic E-state index is 12.5. The largest absolute Gasteiger partial charge is 0.478 e. The third-order valence-electron chi connectivity index (χ3n) is 5.54. The molecule has 2 amide bonds. The minimum atomic E-state index is -1.21. The minimum Gasteiger partial charge on any atom is -0.478 e. The van der Waals surface area contributed by atoms with Gasteiger partial charge in [0.05, 0.1) is 11.3 Å². The number of hydrogen-bond donors (Lipinski definition) is 3. The summed E-state index contributed by atoms with van der Waals surface area (Å²) < 4.78 is 5.45. The van der Waals surface area contributed by atoms with Crippen molar-refractivity contribution >= 4 is 35.3 Å². The Morgan fingerprint density at radius 3 is 2.21 bits per heavy atom. The lowest BCUT2D eigenvalue weighted by Crippen LogP contribution is -2.42. The van der Waals surface area contributed by atoms with Gasteiger partial charge in [-0.25, -0.2) is 9.59 Å². The Morgan fingerprint density at radius 1 is 1.00 bits per heavy atom. The zero-order chi connectivity index (χ0) is 23.5. The molecule has 0 saturated heterocycles. The van der Waals surface area contributed by atoms with Crippen LogP contribution in [-0.4, -0.2) is 35.7 Å². The molecule has 168 valence electrons.